The Labute approximate surface area is 187 Å². The van der Waals surface area contributed by atoms with Crippen molar-refractivity contribution in [3.05, 3.63) is 71.3 Å². The van der Waals surface area contributed by atoms with E-state index in [1.54, 1.807) is 30.6 Å². The van der Waals surface area contributed by atoms with Gasteiger partial charge in [0.2, 0.25) is 0 Å². The van der Waals surface area contributed by atoms with Crippen molar-refractivity contribution in [3.8, 4) is 22.9 Å². The number of aryl methyl sites for hydroxylation is 2. The molecule has 1 N–H and O–H groups in total. The van der Waals surface area contributed by atoms with Crippen LogP contribution in [0.25, 0.3) is 11.1 Å². The molecule has 0 spiro atoms. The van der Waals surface area contributed by atoms with E-state index >= 15 is 0 Å². The standard InChI is InChI=1S/C25H25N5O2/c1-17-24(18(2)28-16-27-17)22-14-20(8-9-23(22)32-13-12-30-10-5-11-30)29-25(31)21-7-4-3-6-19(21)15-26/h3-4,6-9,14,16H,5,10-13H2,1-2H3,(H,29,31). The van der Waals surface area contributed by atoms with Crippen LogP contribution in [0.2, 0.25) is 0 Å². The molecule has 3 aromatic rings. The second-order valence-electron chi connectivity index (χ2n) is 7.79. The first-order valence-electron chi connectivity index (χ1n) is 10.6. The summed E-state index contributed by atoms with van der Waals surface area (Å²) in [6.07, 6.45) is 2.79. The zero-order valence-corrected chi connectivity index (χ0v) is 18.3. The lowest BCUT2D eigenvalue weighted by atomic mass is 10.0. The van der Waals surface area contributed by atoms with Crippen LogP contribution in [0.4, 0.5) is 5.69 Å². The Morgan fingerprint density at radius 2 is 1.91 bits per heavy atom. The molecule has 1 aromatic heterocycles. The fourth-order valence-corrected chi connectivity index (χ4v) is 3.78. The number of ether oxygens (including phenoxy) is 1. The van der Waals surface area contributed by atoms with E-state index in [9.17, 15) is 10.1 Å². The van der Waals surface area contributed by atoms with E-state index in [0.29, 0.717) is 23.4 Å². The fourth-order valence-electron chi connectivity index (χ4n) is 3.78. The molecule has 4 rings (SSSR count). The number of amides is 1. The average Bonchev–Trinajstić information content (AvgIpc) is 2.76. The number of carbonyl (C=O) groups is 1. The molecule has 162 valence electrons. The predicted molar refractivity (Wildman–Crippen MR) is 123 cm³/mol. The summed E-state index contributed by atoms with van der Waals surface area (Å²) in [5.41, 5.74) is 4.67. The second kappa shape index (κ2) is 9.58. The van der Waals surface area contributed by atoms with Gasteiger partial charge in [0.1, 0.15) is 18.7 Å². The smallest absolute Gasteiger partial charge is 0.257 e. The molecule has 7 nitrogen and oxygen atoms in total. The number of nitrogens with one attached hydrogen (secondary N) is 1. The lowest BCUT2D eigenvalue weighted by Gasteiger charge is -2.30. The summed E-state index contributed by atoms with van der Waals surface area (Å²) in [6, 6.07) is 14.4. The second-order valence-corrected chi connectivity index (χ2v) is 7.79. The van der Waals surface area contributed by atoms with E-state index in [0.717, 1.165) is 47.9 Å². The van der Waals surface area contributed by atoms with Gasteiger partial charge < -0.3 is 10.1 Å². The van der Waals surface area contributed by atoms with Crippen molar-refractivity contribution in [2.24, 2.45) is 0 Å². The highest BCUT2D eigenvalue weighted by atomic mass is 16.5. The van der Waals surface area contributed by atoms with Crippen molar-refractivity contribution < 1.29 is 9.53 Å². The minimum atomic E-state index is -0.336. The molecule has 7 heteroatoms. The molecule has 0 aliphatic carbocycles. The third-order valence-electron chi connectivity index (χ3n) is 5.64. The molecule has 1 aliphatic rings. The molecule has 2 aromatic carbocycles. The summed E-state index contributed by atoms with van der Waals surface area (Å²) in [4.78, 5) is 23.9. The van der Waals surface area contributed by atoms with E-state index in [1.165, 1.54) is 6.42 Å². The zero-order valence-electron chi connectivity index (χ0n) is 18.3. The van der Waals surface area contributed by atoms with Gasteiger partial charge in [-0.05, 0) is 63.7 Å². The number of rotatable bonds is 7. The van der Waals surface area contributed by atoms with Crippen molar-refractivity contribution in [3.63, 3.8) is 0 Å². The highest BCUT2D eigenvalue weighted by molar-refractivity contribution is 6.06. The third-order valence-corrected chi connectivity index (χ3v) is 5.64. The summed E-state index contributed by atoms with van der Waals surface area (Å²) < 4.78 is 6.14. The van der Waals surface area contributed by atoms with Crippen LogP contribution in [0.15, 0.2) is 48.8 Å². The largest absolute Gasteiger partial charge is 0.492 e. The van der Waals surface area contributed by atoms with E-state index in [4.69, 9.17) is 4.74 Å². The Morgan fingerprint density at radius 3 is 2.59 bits per heavy atom. The van der Waals surface area contributed by atoms with E-state index in [2.05, 4.69) is 26.3 Å². The van der Waals surface area contributed by atoms with Crippen LogP contribution >= 0.6 is 0 Å². The van der Waals surface area contributed by atoms with E-state index in [1.807, 2.05) is 32.0 Å². The zero-order chi connectivity index (χ0) is 22.5. The third kappa shape index (κ3) is 4.61. The maximum atomic E-state index is 12.8. The topological polar surface area (TPSA) is 91.1 Å². The van der Waals surface area contributed by atoms with E-state index in [-0.39, 0.29) is 5.91 Å². The number of aromatic nitrogens is 2. The average molecular weight is 428 g/mol. The Morgan fingerprint density at radius 1 is 1.16 bits per heavy atom. The number of likely N-dealkylation sites (tertiary alicyclic amines) is 1. The highest BCUT2D eigenvalue weighted by Crippen LogP contribution is 2.35. The summed E-state index contributed by atoms with van der Waals surface area (Å²) >= 11 is 0. The number of nitrogens with zero attached hydrogens (tertiary/aromatic N) is 4. The lowest BCUT2D eigenvalue weighted by Crippen LogP contribution is -2.39. The molecule has 0 bridgehead atoms. The Bertz CT molecular complexity index is 1160. The number of nitriles is 1. The monoisotopic (exact) mass is 427 g/mol. The van der Waals surface area contributed by atoms with Gasteiger partial charge in [0, 0.05) is 34.7 Å². The number of anilines is 1. The van der Waals surface area contributed by atoms with Crippen molar-refractivity contribution in [1.29, 1.82) is 5.26 Å². The Kier molecular flexibility index (Phi) is 6.43. The molecule has 0 unspecified atom stereocenters. The van der Waals surface area contributed by atoms with Gasteiger partial charge in [-0.2, -0.15) is 5.26 Å². The SMILES string of the molecule is Cc1ncnc(C)c1-c1cc(NC(=O)c2ccccc2C#N)ccc1OCCN1CCC1. The predicted octanol–water partition coefficient (Wildman–Crippen LogP) is 3.97. The van der Waals surface area contributed by atoms with Crippen LogP contribution in [-0.2, 0) is 0 Å². The van der Waals surface area contributed by atoms with Crippen LogP contribution in [-0.4, -0.2) is 47.0 Å². The van der Waals surface area contributed by atoms with Gasteiger partial charge in [-0.25, -0.2) is 9.97 Å². The van der Waals surface area contributed by atoms with Crippen LogP contribution in [0, 0.1) is 25.2 Å². The molecular formula is C25H25N5O2. The minimum absolute atomic E-state index is 0.333. The molecule has 1 saturated heterocycles. The van der Waals surface area contributed by atoms with Crippen molar-refractivity contribution in [1.82, 2.24) is 14.9 Å². The Balaban J connectivity index is 1.64. The number of carbonyl (C=O) groups excluding carboxylic acids is 1. The normalized spacial score (nSPS) is 13.2. The maximum Gasteiger partial charge on any atom is 0.257 e. The molecule has 2 heterocycles. The minimum Gasteiger partial charge on any atom is -0.492 e. The summed E-state index contributed by atoms with van der Waals surface area (Å²) in [6.45, 7) is 7.57. The van der Waals surface area contributed by atoms with Gasteiger partial charge in [-0.1, -0.05) is 12.1 Å². The van der Waals surface area contributed by atoms with Gasteiger partial charge in [-0.15, -0.1) is 0 Å². The number of hydrogen-bond donors (Lipinski definition) is 1. The van der Waals surface area contributed by atoms with Gasteiger partial charge in [0.05, 0.1) is 17.2 Å². The van der Waals surface area contributed by atoms with Crippen molar-refractivity contribution in [2.45, 2.75) is 20.3 Å². The first kappa shape index (κ1) is 21.5. The molecular weight excluding hydrogens is 402 g/mol. The van der Waals surface area contributed by atoms with E-state index < -0.39 is 0 Å². The van der Waals surface area contributed by atoms with Gasteiger partial charge in [-0.3, -0.25) is 9.69 Å². The fraction of sp³-hybridized carbons (Fsp3) is 0.280. The quantitative estimate of drug-likeness (QED) is 0.614. The summed E-state index contributed by atoms with van der Waals surface area (Å²) in [7, 11) is 0. The van der Waals surface area contributed by atoms with Gasteiger partial charge in [0.25, 0.3) is 5.91 Å². The number of hydrogen-bond acceptors (Lipinski definition) is 6. The summed E-state index contributed by atoms with van der Waals surface area (Å²) in [5, 5.41) is 12.2. The maximum absolute atomic E-state index is 12.8. The number of benzene rings is 2. The molecule has 0 saturated carbocycles. The molecule has 0 radical (unpaired) electrons. The van der Waals surface area contributed by atoms with Gasteiger partial charge in [0.15, 0.2) is 0 Å². The molecule has 32 heavy (non-hydrogen) atoms. The van der Waals surface area contributed by atoms with Crippen LogP contribution in [0.1, 0.15) is 33.7 Å². The van der Waals surface area contributed by atoms with Crippen molar-refractivity contribution in [2.75, 3.05) is 31.6 Å². The molecule has 1 amide bonds. The van der Waals surface area contributed by atoms with Crippen LogP contribution < -0.4 is 10.1 Å². The van der Waals surface area contributed by atoms with Crippen LogP contribution in [0.3, 0.4) is 0 Å². The molecule has 1 aliphatic heterocycles. The first-order valence-corrected chi connectivity index (χ1v) is 10.6. The summed E-state index contributed by atoms with van der Waals surface area (Å²) in [5.74, 6) is 0.388. The lowest BCUT2D eigenvalue weighted by molar-refractivity contribution is 0.102. The molecule has 1 fully saturated rings. The van der Waals surface area contributed by atoms with Gasteiger partial charge >= 0.3 is 0 Å². The highest BCUT2D eigenvalue weighted by Gasteiger charge is 2.18. The molecule has 0 atom stereocenters. The van der Waals surface area contributed by atoms with Crippen molar-refractivity contribution >= 4 is 11.6 Å². The van der Waals surface area contributed by atoms with Crippen LogP contribution in [0.5, 0.6) is 5.75 Å². The first-order chi connectivity index (χ1) is 15.6. The Hall–Kier alpha value is -3.76.